The van der Waals surface area contributed by atoms with Gasteiger partial charge in [0.05, 0.1) is 17.2 Å². The van der Waals surface area contributed by atoms with Gasteiger partial charge in [-0.05, 0) is 42.3 Å². The Kier molecular flexibility index (Phi) is 5.16. The number of amides is 1. The van der Waals surface area contributed by atoms with Crippen molar-refractivity contribution in [1.29, 1.82) is 5.26 Å². The first-order chi connectivity index (χ1) is 14.2. The number of carbonyl (C=O) groups is 1. The van der Waals surface area contributed by atoms with Gasteiger partial charge in [-0.25, -0.2) is 9.97 Å². The lowest BCUT2D eigenvalue weighted by molar-refractivity contribution is 0.0953. The van der Waals surface area contributed by atoms with E-state index in [2.05, 4.69) is 37.7 Å². The first-order valence-corrected chi connectivity index (χ1v) is 9.15. The van der Waals surface area contributed by atoms with Crippen LogP contribution in [-0.2, 0) is 6.42 Å². The molecule has 7 nitrogen and oxygen atoms in total. The average Bonchev–Trinajstić information content (AvgIpc) is 3.18. The Hall–Kier alpha value is -4.18. The minimum atomic E-state index is -0.213. The molecule has 2 aromatic heterocycles. The molecule has 0 saturated heterocycles. The summed E-state index contributed by atoms with van der Waals surface area (Å²) in [5.41, 5.74) is 4.00. The van der Waals surface area contributed by atoms with Crippen LogP contribution in [0.15, 0.2) is 67.1 Å². The highest BCUT2D eigenvalue weighted by molar-refractivity contribution is 5.93. The maximum atomic E-state index is 12.3. The molecule has 2 heterocycles. The summed E-state index contributed by atoms with van der Waals surface area (Å²) in [7, 11) is 0. The lowest BCUT2D eigenvalue weighted by Gasteiger charge is -2.07. The van der Waals surface area contributed by atoms with Crippen molar-refractivity contribution >= 4 is 28.4 Å². The Balaban J connectivity index is 1.32. The summed E-state index contributed by atoms with van der Waals surface area (Å²) in [5.74, 6) is 0.166. The molecule has 4 rings (SSSR count). The average molecular weight is 382 g/mol. The van der Waals surface area contributed by atoms with Crippen LogP contribution in [0.25, 0.3) is 10.9 Å². The van der Waals surface area contributed by atoms with E-state index in [4.69, 9.17) is 5.26 Å². The molecular formula is C22H18N6O. The molecule has 1 amide bonds. The lowest BCUT2D eigenvalue weighted by atomic mass is 10.1. The van der Waals surface area contributed by atoms with Crippen molar-refractivity contribution < 1.29 is 4.79 Å². The fourth-order valence-corrected chi connectivity index (χ4v) is 3.02. The van der Waals surface area contributed by atoms with E-state index in [1.165, 1.54) is 23.3 Å². The number of H-pyrrole nitrogens is 1. The second-order valence-electron chi connectivity index (χ2n) is 6.47. The van der Waals surface area contributed by atoms with Crippen LogP contribution in [0.2, 0.25) is 0 Å². The minimum absolute atomic E-state index is 0.213. The van der Waals surface area contributed by atoms with Crippen LogP contribution in [0.4, 0.5) is 11.6 Å². The van der Waals surface area contributed by atoms with Crippen molar-refractivity contribution in [3.63, 3.8) is 0 Å². The van der Waals surface area contributed by atoms with Gasteiger partial charge < -0.3 is 15.6 Å². The van der Waals surface area contributed by atoms with Crippen LogP contribution in [0.5, 0.6) is 0 Å². The van der Waals surface area contributed by atoms with E-state index in [1.54, 1.807) is 24.3 Å². The molecule has 0 unspecified atom stereocenters. The smallest absolute Gasteiger partial charge is 0.254 e. The summed E-state index contributed by atoms with van der Waals surface area (Å²) in [6.45, 7) is 0.520. The van der Waals surface area contributed by atoms with Gasteiger partial charge in [0, 0.05) is 41.7 Å². The molecule has 0 aliphatic rings. The van der Waals surface area contributed by atoms with Crippen molar-refractivity contribution in [1.82, 2.24) is 20.3 Å². The third-order valence-electron chi connectivity index (χ3n) is 4.54. The molecule has 29 heavy (non-hydrogen) atoms. The standard InChI is InChI=1S/C22H18N6O/c23-11-15-5-7-18(8-6-15)28-22-26-13-17(14-27-22)21(29)24-10-9-16-12-25-20-4-2-1-3-19(16)20/h1-8,12-14,25H,9-10H2,(H,24,29)(H,26,27,28). The Labute approximate surface area is 167 Å². The van der Waals surface area contributed by atoms with Crippen molar-refractivity contribution in [2.75, 3.05) is 11.9 Å². The molecule has 0 aliphatic carbocycles. The van der Waals surface area contributed by atoms with Gasteiger partial charge in [0.1, 0.15) is 0 Å². The van der Waals surface area contributed by atoms with Crippen LogP contribution < -0.4 is 10.6 Å². The Morgan fingerprint density at radius 2 is 1.83 bits per heavy atom. The van der Waals surface area contributed by atoms with E-state index in [0.29, 0.717) is 23.6 Å². The number of nitrogens with zero attached hydrogens (tertiary/aromatic N) is 3. The van der Waals surface area contributed by atoms with Crippen LogP contribution in [0.3, 0.4) is 0 Å². The monoisotopic (exact) mass is 382 g/mol. The van der Waals surface area contributed by atoms with Gasteiger partial charge in [-0.15, -0.1) is 0 Å². The van der Waals surface area contributed by atoms with E-state index in [-0.39, 0.29) is 5.91 Å². The number of nitrogens with one attached hydrogen (secondary N) is 3. The largest absolute Gasteiger partial charge is 0.361 e. The first-order valence-electron chi connectivity index (χ1n) is 9.15. The zero-order valence-corrected chi connectivity index (χ0v) is 15.5. The quantitative estimate of drug-likeness (QED) is 0.473. The summed E-state index contributed by atoms with van der Waals surface area (Å²) in [4.78, 5) is 23.9. The number of hydrogen-bond donors (Lipinski definition) is 3. The molecule has 0 fully saturated rings. The molecule has 0 atom stereocenters. The molecule has 0 bridgehead atoms. The number of rotatable bonds is 6. The van der Waals surface area contributed by atoms with Gasteiger partial charge in [0.15, 0.2) is 0 Å². The minimum Gasteiger partial charge on any atom is -0.361 e. The predicted octanol–water partition coefficient (Wildman–Crippen LogP) is 3.55. The van der Waals surface area contributed by atoms with E-state index in [9.17, 15) is 4.79 Å². The van der Waals surface area contributed by atoms with Crippen LogP contribution in [-0.4, -0.2) is 27.4 Å². The molecule has 0 saturated carbocycles. The number of carbonyl (C=O) groups excluding carboxylic acids is 1. The van der Waals surface area contributed by atoms with Gasteiger partial charge in [0.25, 0.3) is 5.91 Å². The van der Waals surface area contributed by atoms with Crippen molar-refractivity contribution in [2.24, 2.45) is 0 Å². The zero-order chi connectivity index (χ0) is 20.1. The molecule has 0 radical (unpaired) electrons. The van der Waals surface area contributed by atoms with Gasteiger partial charge in [-0.1, -0.05) is 18.2 Å². The molecule has 0 aliphatic heterocycles. The van der Waals surface area contributed by atoms with Gasteiger partial charge in [-0.2, -0.15) is 5.26 Å². The maximum Gasteiger partial charge on any atom is 0.254 e. The van der Waals surface area contributed by atoms with Gasteiger partial charge >= 0.3 is 0 Å². The number of hydrogen-bond acceptors (Lipinski definition) is 5. The molecule has 2 aromatic carbocycles. The fraction of sp³-hybridized carbons (Fsp3) is 0.0909. The Morgan fingerprint density at radius 1 is 1.07 bits per heavy atom. The summed E-state index contributed by atoms with van der Waals surface area (Å²) in [6, 6.07) is 17.1. The van der Waals surface area contributed by atoms with E-state index < -0.39 is 0 Å². The summed E-state index contributed by atoms with van der Waals surface area (Å²) < 4.78 is 0. The van der Waals surface area contributed by atoms with Crippen LogP contribution in [0.1, 0.15) is 21.5 Å². The molecule has 3 N–H and O–H groups in total. The number of fused-ring (bicyclic) bond motifs is 1. The van der Waals surface area contributed by atoms with Gasteiger partial charge in [0.2, 0.25) is 5.95 Å². The van der Waals surface area contributed by atoms with E-state index in [1.807, 2.05) is 24.4 Å². The van der Waals surface area contributed by atoms with Crippen molar-refractivity contribution in [3.05, 3.63) is 83.8 Å². The summed E-state index contributed by atoms with van der Waals surface area (Å²) in [5, 5.41) is 15.9. The van der Waals surface area contributed by atoms with Crippen LogP contribution >= 0.6 is 0 Å². The third kappa shape index (κ3) is 4.22. The second kappa shape index (κ2) is 8.23. The number of anilines is 2. The van der Waals surface area contributed by atoms with Crippen molar-refractivity contribution in [2.45, 2.75) is 6.42 Å². The number of aromatic nitrogens is 3. The second-order valence-corrected chi connectivity index (χ2v) is 6.47. The lowest BCUT2D eigenvalue weighted by Crippen LogP contribution is -2.26. The summed E-state index contributed by atoms with van der Waals surface area (Å²) in [6.07, 6.45) is 5.68. The normalized spacial score (nSPS) is 10.4. The molecule has 4 aromatic rings. The Bertz CT molecular complexity index is 1170. The third-order valence-corrected chi connectivity index (χ3v) is 4.54. The molecular weight excluding hydrogens is 364 g/mol. The van der Waals surface area contributed by atoms with E-state index >= 15 is 0 Å². The highest BCUT2D eigenvalue weighted by Gasteiger charge is 2.08. The van der Waals surface area contributed by atoms with Gasteiger partial charge in [-0.3, -0.25) is 4.79 Å². The molecule has 142 valence electrons. The zero-order valence-electron chi connectivity index (χ0n) is 15.5. The predicted molar refractivity (Wildman–Crippen MR) is 111 cm³/mol. The summed E-state index contributed by atoms with van der Waals surface area (Å²) >= 11 is 0. The number of para-hydroxylation sites is 1. The maximum absolute atomic E-state index is 12.3. The highest BCUT2D eigenvalue weighted by atomic mass is 16.1. The SMILES string of the molecule is N#Cc1ccc(Nc2ncc(C(=O)NCCc3c[nH]c4ccccc34)cn2)cc1. The van der Waals surface area contributed by atoms with E-state index in [0.717, 1.165) is 17.6 Å². The molecule has 7 heteroatoms. The first kappa shape index (κ1) is 18.2. The number of aromatic amines is 1. The van der Waals surface area contributed by atoms with Crippen molar-refractivity contribution in [3.8, 4) is 6.07 Å². The highest BCUT2D eigenvalue weighted by Crippen LogP contribution is 2.18. The number of benzene rings is 2. The molecule has 0 spiro atoms. The van der Waals surface area contributed by atoms with Crippen LogP contribution in [0, 0.1) is 11.3 Å². The Morgan fingerprint density at radius 3 is 2.59 bits per heavy atom. The number of nitriles is 1. The topological polar surface area (TPSA) is 106 Å². The fourth-order valence-electron chi connectivity index (χ4n) is 3.02.